The average Bonchev–Trinajstić information content (AvgIpc) is 3.35. The number of nitrogens with one attached hydrogen (secondary N) is 1. The molecule has 3 heterocycles. The second kappa shape index (κ2) is 7.35. The molecule has 1 N–H and O–H groups in total. The summed E-state index contributed by atoms with van der Waals surface area (Å²) in [7, 11) is 0. The van der Waals surface area contributed by atoms with Gasteiger partial charge in [-0.05, 0) is 57.0 Å². The Hall–Kier alpha value is -3.02. The first-order valence-electron chi connectivity index (χ1n) is 10.6. The molecular formula is C24H26FN4O. The molecule has 1 radical (unpaired) electrons. The minimum atomic E-state index is -0.280. The minimum Gasteiger partial charge on any atom is -0.360 e. The number of hydrogen-bond acceptors (Lipinski definition) is 3. The van der Waals surface area contributed by atoms with Crippen LogP contribution in [0.25, 0.3) is 10.9 Å². The van der Waals surface area contributed by atoms with Crippen molar-refractivity contribution in [2.75, 3.05) is 23.3 Å². The lowest BCUT2D eigenvalue weighted by molar-refractivity contribution is 0.0715. The van der Waals surface area contributed by atoms with E-state index in [-0.39, 0.29) is 17.8 Å². The van der Waals surface area contributed by atoms with Gasteiger partial charge in [0, 0.05) is 36.8 Å². The van der Waals surface area contributed by atoms with Crippen LogP contribution in [0.2, 0.25) is 0 Å². The fraction of sp³-hybridized carbons (Fsp3) is 0.333. The largest absolute Gasteiger partial charge is 0.360 e. The van der Waals surface area contributed by atoms with Crippen LogP contribution in [0.4, 0.5) is 15.8 Å². The van der Waals surface area contributed by atoms with E-state index in [0.717, 1.165) is 29.4 Å². The molecule has 0 saturated carbocycles. The third-order valence-corrected chi connectivity index (χ3v) is 6.27. The van der Waals surface area contributed by atoms with Crippen molar-refractivity contribution in [3.8, 4) is 0 Å². The van der Waals surface area contributed by atoms with Gasteiger partial charge in [0.25, 0.3) is 5.91 Å². The number of carbonyl (C=O) groups excluding carboxylic acids is 1. The zero-order valence-electron chi connectivity index (χ0n) is 17.3. The maximum atomic E-state index is 13.8. The Bertz CT molecular complexity index is 1100. The molecule has 1 fully saturated rings. The summed E-state index contributed by atoms with van der Waals surface area (Å²) < 4.78 is 15.8. The highest BCUT2D eigenvalue weighted by Gasteiger charge is 2.32. The van der Waals surface area contributed by atoms with Gasteiger partial charge in [0.05, 0.1) is 22.5 Å². The third kappa shape index (κ3) is 3.11. The molecule has 1 saturated heterocycles. The van der Waals surface area contributed by atoms with Crippen molar-refractivity contribution in [2.45, 2.75) is 38.8 Å². The van der Waals surface area contributed by atoms with Crippen LogP contribution >= 0.6 is 0 Å². The maximum absolute atomic E-state index is 13.8. The number of halogens is 1. The predicted octanol–water partition coefficient (Wildman–Crippen LogP) is 5.02. The molecule has 0 aliphatic carbocycles. The molecule has 2 aromatic carbocycles. The molecule has 30 heavy (non-hydrogen) atoms. The van der Waals surface area contributed by atoms with E-state index in [9.17, 15) is 9.18 Å². The van der Waals surface area contributed by atoms with Gasteiger partial charge in [-0.2, -0.15) is 0 Å². The van der Waals surface area contributed by atoms with Crippen LogP contribution in [0.15, 0.2) is 48.7 Å². The van der Waals surface area contributed by atoms with Crippen molar-refractivity contribution in [3.05, 3.63) is 66.7 Å². The summed E-state index contributed by atoms with van der Waals surface area (Å²) in [5.74, 6) is -0.244. The molecule has 2 aliphatic heterocycles. The van der Waals surface area contributed by atoms with Crippen molar-refractivity contribution < 1.29 is 9.18 Å². The van der Waals surface area contributed by atoms with Crippen LogP contribution in [-0.4, -0.2) is 34.5 Å². The van der Waals surface area contributed by atoms with Crippen LogP contribution in [0.5, 0.6) is 0 Å². The lowest BCUT2D eigenvalue weighted by Crippen LogP contribution is -2.45. The summed E-state index contributed by atoms with van der Waals surface area (Å²) >= 11 is 0. The van der Waals surface area contributed by atoms with Gasteiger partial charge in [-0.15, -0.1) is 0 Å². The first kappa shape index (κ1) is 19.0. The number of nitrogens with zero attached hydrogens (tertiary/aromatic N) is 3. The van der Waals surface area contributed by atoms with E-state index in [1.807, 2.05) is 42.2 Å². The maximum Gasteiger partial charge on any atom is 0.256 e. The normalized spacial score (nSPS) is 16.9. The van der Waals surface area contributed by atoms with E-state index in [0.29, 0.717) is 24.7 Å². The van der Waals surface area contributed by atoms with Crippen LogP contribution in [0.1, 0.15) is 43.1 Å². The zero-order chi connectivity index (χ0) is 20.8. The predicted molar refractivity (Wildman–Crippen MR) is 118 cm³/mol. The Kier molecular flexibility index (Phi) is 4.65. The van der Waals surface area contributed by atoms with E-state index < -0.39 is 0 Å². The third-order valence-electron chi connectivity index (χ3n) is 6.27. The van der Waals surface area contributed by atoms with Gasteiger partial charge < -0.3 is 19.7 Å². The lowest BCUT2D eigenvalue weighted by Gasteiger charge is -2.37. The van der Waals surface area contributed by atoms with Crippen molar-refractivity contribution in [1.29, 1.82) is 0 Å². The molecule has 5 rings (SSSR count). The monoisotopic (exact) mass is 405 g/mol. The summed E-state index contributed by atoms with van der Waals surface area (Å²) in [6.07, 6.45) is 3.71. The van der Waals surface area contributed by atoms with Gasteiger partial charge in [-0.25, -0.2) is 4.39 Å². The number of para-hydroxylation sites is 2. The number of likely N-dealkylation sites (tertiary alicyclic amines) is 1. The average molecular weight is 405 g/mol. The van der Waals surface area contributed by atoms with Crippen molar-refractivity contribution in [1.82, 2.24) is 9.47 Å². The SMILES string of the molecule is CC(C)n1cc(C(=O)N2CCC(N3[CH]Nc4ccccc43)CC2)c2ccc(F)cc21. The number of fused-ring (bicyclic) bond motifs is 2. The molecule has 3 aromatic rings. The van der Waals surface area contributed by atoms with Crippen LogP contribution in [0, 0.1) is 12.5 Å². The summed E-state index contributed by atoms with van der Waals surface area (Å²) in [5, 5.41) is 4.15. The second-order valence-corrected chi connectivity index (χ2v) is 8.43. The number of hydrogen-bond donors (Lipinski definition) is 1. The summed E-state index contributed by atoms with van der Waals surface area (Å²) in [6, 6.07) is 13.5. The number of piperidine rings is 1. The van der Waals surface area contributed by atoms with Crippen molar-refractivity contribution in [3.63, 3.8) is 0 Å². The fourth-order valence-electron chi connectivity index (χ4n) is 4.67. The topological polar surface area (TPSA) is 40.5 Å². The minimum absolute atomic E-state index is 0.0355. The number of carbonyl (C=O) groups is 1. The van der Waals surface area contributed by atoms with E-state index in [2.05, 4.69) is 28.4 Å². The first-order chi connectivity index (χ1) is 14.5. The van der Waals surface area contributed by atoms with E-state index in [4.69, 9.17) is 0 Å². The Balaban J connectivity index is 1.34. The standard InChI is InChI=1S/C24H26FN4O/c1-16(2)28-14-20(19-8-7-17(25)13-23(19)28)24(30)27-11-9-18(10-12-27)29-15-26-21-5-3-4-6-22(21)29/h3-8,13-16,18,26H,9-12H2,1-2H3. The van der Waals surface area contributed by atoms with Gasteiger partial charge in [-0.1, -0.05) is 12.1 Å². The van der Waals surface area contributed by atoms with Gasteiger partial charge in [0.2, 0.25) is 0 Å². The number of benzene rings is 2. The van der Waals surface area contributed by atoms with Gasteiger partial charge in [0.15, 0.2) is 0 Å². The molecule has 155 valence electrons. The highest BCUT2D eigenvalue weighted by atomic mass is 19.1. The second-order valence-electron chi connectivity index (χ2n) is 8.43. The molecule has 0 unspecified atom stereocenters. The first-order valence-corrected chi connectivity index (χ1v) is 10.6. The lowest BCUT2D eigenvalue weighted by atomic mass is 10.0. The Morgan fingerprint density at radius 1 is 1.13 bits per heavy atom. The van der Waals surface area contributed by atoms with Crippen LogP contribution in [0.3, 0.4) is 0 Å². The van der Waals surface area contributed by atoms with E-state index in [1.165, 1.54) is 17.8 Å². The fourth-order valence-corrected chi connectivity index (χ4v) is 4.67. The molecule has 0 spiro atoms. The molecule has 5 nitrogen and oxygen atoms in total. The molecule has 1 amide bonds. The van der Waals surface area contributed by atoms with Gasteiger partial charge >= 0.3 is 0 Å². The van der Waals surface area contributed by atoms with Crippen molar-refractivity contribution >= 4 is 28.2 Å². The smallest absolute Gasteiger partial charge is 0.256 e. The Labute approximate surface area is 176 Å². The Morgan fingerprint density at radius 3 is 2.67 bits per heavy atom. The van der Waals surface area contributed by atoms with Crippen LogP contribution < -0.4 is 10.2 Å². The molecule has 1 aromatic heterocycles. The number of aromatic nitrogens is 1. The van der Waals surface area contributed by atoms with Gasteiger partial charge in [0.1, 0.15) is 12.5 Å². The highest BCUT2D eigenvalue weighted by molar-refractivity contribution is 6.07. The van der Waals surface area contributed by atoms with Crippen molar-refractivity contribution in [2.24, 2.45) is 0 Å². The molecule has 6 heteroatoms. The Morgan fingerprint density at radius 2 is 1.90 bits per heavy atom. The number of rotatable bonds is 3. The zero-order valence-corrected chi connectivity index (χ0v) is 17.3. The molecule has 2 aliphatic rings. The summed E-state index contributed by atoms with van der Waals surface area (Å²) in [4.78, 5) is 17.6. The van der Waals surface area contributed by atoms with Crippen LogP contribution in [-0.2, 0) is 0 Å². The summed E-state index contributed by atoms with van der Waals surface area (Å²) in [5.41, 5.74) is 3.77. The van der Waals surface area contributed by atoms with E-state index >= 15 is 0 Å². The number of anilines is 2. The quantitative estimate of drug-likeness (QED) is 0.665. The molecule has 0 atom stereocenters. The highest BCUT2D eigenvalue weighted by Crippen LogP contribution is 2.36. The van der Waals surface area contributed by atoms with Gasteiger partial charge in [-0.3, -0.25) is 4.79 Å². The molecule has 0 bridgehead atoms. The molecular weight excluding hydrogens is 379 g/mol. The summed E-state index contributed by atoms with van der Waals surface area (Å²) in [6.45, 7) is 7.56. The van der Waals surface area contributed by atoms with E-state index in [1.54, 1.807) is 6.07 Å². The number of amides is 1.